The van der Waals surface area contributed by atoms with E-state index in [-0.39, 0.29) is 6.54 Å². The molecule has 1 aromatic heterocycles. The van der Waals surface area contributed by atoms with Gasteiger partial charge >= 0.3 is 6.09 Å². The summed E-state index contributed by atoms with van der Waals surface area (Å²) in [6, 6.07) is 0.913. The summed E-state index contributed by atoms with van der Waals surface area (Å²) in [5.41, 5.74) is -0.0533. The number of nitrogens with zero attached hydrogens (tertiary/aromatic N) is 2. The van der Waals surface area contributed by atoms with Crippen molar-refractivity contribution in [3.63, 3.8) is 0 Å². The van der Waals surface area contributed by atoms with E-state index in [1.807, 2.05) is 0 Å². The summed E-state index contributed by atoms with van der Waals surface area (Å²) >= 11 is 0. The van der Waals surface area contributed by atoms with E-state index in [9.17, 15) is 14.3 Å². The summed E-state index contributed by atoms with van der Waals surface area (Å²) in [7, 11) is 0. The second kappa shape index (κ2) is 5.36. The predicted molar refractivity (Wildman–Crippen MR) is 70.5 cm³/mol. The van der Waals surface area contributed by atoms with Crippen LogP contribution in [0.2, 0.25) is 0 Å². The Hall–Kier alpha value is -1.69. The highest BCUT2D eigenvalue weighted by molar-refractivity contribution is 5.69. The molecule has 5 nitrogen and oxygen atoms in total. The third kappa shape index (κ3) is 3.45. The number of carbonyl (C=O) groups is 1. The van der Waals surface area contributed by atoms with Gasteiger partial charge in [0.25, 0.3) is 0 Å². The zero-order valence-corrected chi connectivity index (χ0v) is 11.8. The lowest BCUT2D eigenvalue weighted by Crippen LogP contribution is -2.37. The first-order valence-corrected chi connectivity index (χ1v) is 6.54. The highest BCUT2D eigenvalue weighted by Crippen LogP contribution is 2.33. The lowest BCUT2D eigenvalue weighted by Gasteiger charge is -2.28. The first-order valence-electron chi connectivity index (χ1n) is 6.54. The number of halogens is 1. The van der Waals surface area contributed by atoms with Crippen molar-refractivity contribution in [2.75, 3.05) is 6.54 Å². The lowest BCUT2D eigenvalue weighted by molar-refractivity contribution is 0.0206. The Labute approximate surface area is 117 Å². The van der Waals surface area contributed by atoms with Crippen molar-refractivity contribution in [1.29, 1.82) is 0 Å². The molecule has 0 unspecified atom stereocenters. The number of likely N-dealkylation sites (tertiary alicyclic amines) is 1. The average molecular weight is 282 g/mol. The molecule has 1 saturated heterocycles. The summed E-state index contributed by atoms with van der Waals surface area (Å²) in [5, 5.41) is 9.78. The van der Waals surface area contributed by atoms with Crippen LogP contribution < -0.4 is 0 Å². The van der Waals surface area contributed by atoms with E-state index in [0.717, 1.165) is 6.20 Å². The van der Waals surface area contributed by atoms with Crippen molar-refractivity contribution in [1.82, 2.24) is 9.88 Å². The molecule has 1 aliphatic heterocycles. The van der Waals surface area contributed by atoms with Gasteiger partial charge in [-0.05, 0) is 38.8 Å². The summed E-state index contributed by atoms with van der Waals surface area (Å²) < 4.78 is 18.6. The summed E-state index contributed by atoms with van der Waals surface area (Å²) in [6.07, 6.45) is 1.80. The highest BCUT2D eigenvalue weighted by Gasteiger charge is 2.37. The molecule has 6 heteroatoms. The molecule has 2 atom stereocenters. The minimum Gasteiger partial charge on any atom is -0.444 e. The zero-order chi connectivity index (χ0) is 14.9. The zero-order valence-electron chi connectivity index (χ0n) is 11.8. The third-order valence-corrected chi connectivity index (χ3v) is 3.02. The largest absolute Gasteiger partial charge is 0.444 e. The summed E-state index contributed by atoms with van der Waals surface area (Å²) in [6.45, 7) is 5.50. The topological polar surface area (TPSA) is 62.7 Å². The van der Waals surface area contributed by atoms with E-state index >= 15 is 0 Å². The van der Waals surface area contributed by atoms with Crippen LogP contribution in [0.1, 0.15) is 38.8 Å². The van der Waals surface area contributed by atoms with Gasteiger partial charge in [-0.1, -0.05) is 0 Å². The van der Waals surface area contributed by atoms with Crippen molar-refractivity contribution in [2.24, 2.45) is 0 Å². The number of amides is 1. The van der Waals surface area contributed by atoms with Crippen molar-refractivity contribution >= 4 is 6.09 Å². The molecule has 2 heterocycles. The summed E-state index contributed by atoms with van der Waals surface area (Å²) in [4.78, 5) is 17.4. The second-order valence-corrected chi connectivity index (χ2v) is 5.97. The van der Waals surface area contributed by atoms with Gasteiger partial charge in [-0.2, -0.15) is 0 Å². The van der Waals surface area contributed by atoms with Gasteiger partial charge in [0.15, 0.2) is 0 Å². The molecule has 0 aliphatic carbocycles. The third-order valence-electron chi connectivity index (χ3n) is 3.02. The van der Waals surface area contributed by atoms with E-state index in [4.69, 9.17) is 4.74 Å². The molecule has 0 radical (unpaired) electrons. The first kappa shape index (κ1) is 14.7. The molecule has 20 heavy (non-hydrogen) atoms. The normalized spacial score (nSPS) is 22.9. The van der Waals surface area contributed by atoms with Gasteiger partial charge in [0, 0.05) is 6.20 Å². The highest BCUT2D eigenvalue weighted by atomic mass is 19.1. The molecule has 2 rings (SSSR count). The maximum absolute atomic E-state index is 13.3. The average Bonchev–Trinajstić information content (AvgIpc) is 2.69. The van der Waals surface area contributed by atoms with Crippen LogP contribution in [0.25, 0.3) is 0 Å². The van der Waals surface area contributed by atoms with E-state index in [1.54, 1.807) is 20.8 Å². The van der Waals surface area contributed by atoms with Gasteiger partial charge in [-0.25, -0.2) is 9.18 Å². The van der Waals surface area contributed by atoms with Crippen LogP contribution in [-0.2, 0) is 4.74 Å². The molecule has 1 fully saturated rings. The van der Waals surface area contributed by atoms with E-state index in [2.05, 4.69) is 4.98 Å². The van der Waals surface area contributed by atoms with Crippen LogP contribution in [0.15, 0.2) is 18.5 Å². The number of rotatable bonds is 1. The van der Waals surface area contributed by atoms with Crippen LogP contribution >= 0.6 is 0 Å². The SMILES string of the molecule is CC(C)(C)OC(=O)N1C[C@H](O)C[C@@H]1c1cncc(F)c1. The molecule has 1 aliphatic rings. The number of ether oxygens (including phenoxy) is 1. The van der Waals surface area contributed by atoms with E-state index in [0.29, 0.717) is 12.0 Å². The number of aliphatic hydroxyl groups is 1. The number of aromatic nitrogens is 1. The maximum Gasteiger partial charge on any atom is 0.410 e. The Morgan fingerprint density at radius 3 is 2.80 bits per heavy atom. The Kier molecular flexibility index (Phi) is 3.94. The molecular weight excluding hydrogens is 263 g/mol. The van der Waals surface area contributed by atoms with Crippen LogP contribution in [0.4, 0.5) is 9.18 Å². The second-order valence-electron chi connectivity index (χ2n) is 5.97. The number of β-amino-alcohol motifs (C(OH)–C–C–N with tert-alkyl or cyclic N) is 1. The van der Waals surface area contributed by atoms with Crippen molar-refractivity contribution in [3.8, 4) is 0 Å². The molecule has 0 bridgehead atoms. The molecule has 0 spiro atoms. The fraction of sp³-hybridized carbons (Fsp3) is 0.571. The molecule has 110 valence electrons. The van der Waals surface area contributed by atoms with Crippen LogP contribution in [0.5, 0.6) is 0 Å². The Bertz CT molecular complexity index is 501. The van der Waals surface area contributed by atoms with Crippen molar-refractivity contribution in [2.45, 2.75) is 44.9 Å². The molecule has 0 saturated carbocycles. The van der Waals surface area contributed by atoms with Crippen LogP contribution in [0.3, 0.4) is 0 Å². The number of carbonyl (C=O) groups excluding carboxylic acids is 1. The molecule has 1 amide bonds. The van der Waals surface area contributed by atoms with E-state index in [1.165, 1.54) is 17.2 Å². The predicted octanol–water partition coefficient (Wildman–Crippen LogP) is 2.26. The fourth-order valence-electron chi connectivity index (χ4n) is 2.26. The molecule has 1 aromatic rings. The minimum atomic E-state index is -0.643. The Morgan fingerprint density at radius 2 is 2.20 bits per heavy atom. The van der Waals surface area contributed by atoms with Gasteiger partial charge in [0.05, 0.1) is 24.9 Å². The van der Waals surface area contributed by atoms with Gasteiger partial charge in [-0.15, -0.1) is 0 Å². The smallest absolute Gasteiger partial charge is 0.410 e. The molecule has 1 N–H and O–H groups in total. The Morgan fingerprint density at radius 1 is 1.50 bits per heavy atom. The maximum atomic E-state index is 13.3. The number of hydrogen-bond donors (Lipinski definition) is 1. The first-order chi connectivity index (χ1) is 9.26. The molecule has 0 aromatic carbocycles. The monoisotopic (exact) mass is 282 g/mol. The van der Waals surface area contributed by atoms with Gasteiger partial charge in [0.2, 0.25) is 0 Å². The van der Waals surface area contributed by atoms with Gasteiger partial charge < -0.3 is 9.84 Å². The molecular formula is C14H19FN2O3. The van der Waals surface area contributed by atoms with Crippen LogP contribution in [0, 0.1) is 5.82 Å². The standard InChI is InChI=1S/C14H19FN2O3/c1-14(2,3)20-13(19)17-8-11(18)5-12(17)9-4-10(15)7-16-6-9/h4,6-7,11-12,18H,5,8H2,1-3H3/t11-,12-/m1/s1. The van der Waals surface area contributed by atoms with Gasteiger partial charge in [0.1, 0.15) is 11.4 Å². The number of pyridine rings is 1. The fourth-order valence-corrected chi connectivity index (χ4v) is 2.26. The minimum absolute atomic E-state index is 0.177. The Balaban J connectivity index is 2.21. The van der Waals surface area contributed by atoms with Crippen LogP contribution in [-0.4, -0.2) is 39.3 Å². The number of aliphatic hydroxyl groups excluding tert-OH is 1. The van der Waals surface area contributed by atoms with E-state index < -0.39 is 29.7 Å². The van der Waals surface area contributed by atoms with Crippen molar-refractivity contribution in [3.05, 3.63) is 29.8 Å². The quantitative estimate of drug-likeness (QED) is 0.858. The lowest BCUT2D eigenvalue weighted by atomic mass is 10.1. The number of hydrogen-bond acceptors (Lipinski definition) is 4. The summed E-state index contributed by atoms with van der Waals surface area (Å²) in [5.74, 6) is -0.465. The van der Waals surface area contributed by atoms with Crippen molar-refractivity contribution < 1.29 is 19.0 Å². The van der Waals surface area contributed by atoms with Gasteiger partial charge in [-0.3, -0.25) is 9.88 Å².